The Bertz CT molecular complexity index is 461. The van der Waals surface area contributed by atoms with Gasteiger partial charge in [0.05, 0.1) is 6.54 Å². The fraction of sp³-hybridized carbons (Fsp3) is 0.500. The number of rotatable bonds is 5. The number of carbonyl (C=O) groups is 1. The van der Waals surface area contributed by atoms with E-state index in [4.69, 9.17) is 16.7 Å². The highest BCUT2D eigenvalue weighted by atomic mass is 79.9. The van der Waals surface area contributed by atoms with Crippen LogP contribution in [0.25, 0.3) is 0 Å². The third kappa shape index (κ3) is 4.20. The molecule has 1 N–H and O–H groups in total. The molecule has 1 fully saturated rings. The van der Waals surface area contributed by atoms with Crippen molar-refractivity contribution < 1.29 is 9.90 Å². The van der Waals surface area contributed by atoms with Crippen LogP contribution >= 0.6 is 27.5 Å². The second kappa shape index (κ2) is 6.73. The molecule has 1 aromatic carbocycles. The van der Waals surface area contributed by atoms with E-state index < -0.39 is 5.97 Å². The second-order valence-corrected chi connectivity index (χ2v) is 6.26. The molecule has 0 spiro atoms. The Morgan fingerprint density at radius 1 is 1.42 bits per heavy atom. The maximum absolute atomic E-state index is 11.0. The molecular formula is C14H17BrClNO2. The predicted octanol–water partition coefficient (Wildman–Crippen LogP) is 3.93. The molecule has 0 unspecified atom stereocenters. The van der Waals surface area contributed by atoms with Gasteiger partial charge in [0.15, 0.2) is 0 Å². The van der Waals surface area contributed by atoms with Crippen molar-refractivity contribution in [2.45, 2.75) is 38.3 Å². The lowest BCUT2D eigenvalue weighted by atomic mass is 10.1. The van der Waals surface area contributed by atoms with Crippen LogP contribution in [0.5, 0.6) is 0 Å². The highest BCUT2D eigenvalue weighted by molar-refractivity contribution is 9.10. The Hall–Kier alpha value is -0.580. The van der Waals surface area contributed by atoms with E-state index in [2.05, 4.69) is 20.8 Å². The summed E-state index contributed by atoms with van der Waals surface area (Å²) < 4.78 is 0.938. The summed E-state index contributed by atoms with van der Waals surface area (Å²) >= 11 is 9.42. The molecule has 1 aliphatic carbocycles. The number of benzene rings is 1. The summed E-state index contributed by atoms with van der Waals surface area (Å²) in [5, 5.41) is 9.74. The minimum Gasteiger partial charge on any atom is -0.480 e. The summed E-state index contributed by atoms with van der Waals surface area (Å²) in [5.74, 6) is -0.767. The van der Waals surface area contributed by atoms with Crippen LogP contribution in [0.15, 0.2) is 22.7 Å². The van der Waals surface area contributed by atoms with Gasteiger partial charge in [-0.3, -0.25) is 9.69 Å². The summed E-state index contributed by atoms with van der Waals surface area (Å²) in [5.41, 5.74) is 1.08. The summed E-state index contributed by atoms with van der Waals surface area (Å²) in [6.45, 7) is 0.744. The van der Waals surface area contributed by atoms with Crippen LogP contribution in [0.3, 0.4) is 0 Å². The minimum absolute atomic E-state index is 0.0970. The molecule has 0 aliphatic heterocycles. The van der Waals surface area contributed by atoms with Crippen LogP contribution < -0.4 is 0 Å². The number of carboxylic acid groups (broad SMARTS) is 1. The van der Waals surface area contributed by atoms with Gasteiger partial charge in [0.1, 0.15) is 0 Å². The molecule has 1 aliphatic rings. The summed E-state index contributed by atoms with van der Waals surface area (Å²) in [4.78, 5) is 13.1. The number of hydrogen-bond acceptors (Lipinski definition) is 2. The number of halogens is 2. The average molecular weight is 347 g/mol. The Balaban J connectivity index is 2.12. The molecule has 19 heavy (non-hydrogen) atoms. The topological polar surface area (TPSA) is 40.5 Å². The van der Waals surface area contributed by atoms with E-state index in [-0.39, 0.29) is 6.54 Å². The second-order valence-electron chi connectivity index (χ2n) is 4.97. The maximum atomic E-state index is 11.0. The smallest absolute Gasteiger partial charge is 0.317 e. The Morgan fingerprint density at radius 2 is 2.11 bits per heavy atom. The highest BCUT2D eigenvalue weighted by Gasteiger charge is 2.24. The fourth-order valence-corrected chi connectivity index (χ4v) is 3.43. The zero-order valence-electron chi connectivity index (χ0n) is 10.6. The minimum atomic E-state index is -0.767. The van der Waals surface area contributed by atoms with Crippen LogP contribution in [-0.2, 0) is 11.3 Å². The number of carboxylic acids is 1. The third-order valence-corrected chi connectivity index (χ3v) is 4.54. The van der Waals surface area contributed by atoms with Gasteiger partial charge in [-0.15, -0.1) is 0 Å². The number of aliphatic carboxylic acids is 1. The van der Waals surface area contributed by atoms with E-state index in [1.165, 1.54) is 12.8 Å². The van der Waals surface area contributed by atoms with Gasteiger partial charge in [0.2, 0.25) is 0 Å². The lowest BCUT2D eigenvalue weighted by molar-refractivity contribution is -0.139. The van der Waals surface area contributed by atoms with Gasteiger partial charge in [0.25, 0.3) is 0 Å². The number of nitrogens with zero attached hydrogens (tertiary/aromatic N) is 1. The van der Waals surface area contributed by atoms with Gasteiger partial charge in [-0.25, -0.2) is 0 Å². The standard InChI is InChI=1S/C14H17BrClNO2/c15-13-7-11(16)6-5-10(13)8-17(9-14(18)19)12-3-1-2-4-12/h5-7,12H,1-4,8-9H2,(H,18,19). The molecule has 3 nitrogen and oxygen atoms in total. The van der Waals surface area contributed by atoms with Crippen LogP contribution in [-0.4, -0.2) is 28.6 Å². The zero-order valence-corrected chi connectivity index (χ0v) is 13.0. The van der Waals surface area contributed by atoms with Gasteiger partial charge < -0.3 is 5.11 Å². The van der Waals surface area contributed by atoms with E-state index in [1.807, 2.05) is 18.2 Å². The van der Waals surface area contributed by atoms with E-state index in [9.17, 15) is 4.79 Å². The molecule has 0 radical (unpaired) electrons. The molecule has 0 heterocycles. The van der Waals surface area contributed by atoms with Crippen LogP contribution in [0.2, 0.25) is 5.02 Å². The van der Waals surface area contributed by atoms with E-state index in [1.54, 1.807) is 0 Å². The van der Waals surface area contributed by atoms with E-state index >= 15 is 0 Å². The SMILES string of the molecule is O=C(O)CN(Cc1ccc(Cl)cc1Br)C1CCCC1. The van der Waals surface area contributed by atoms with Crippen LogP contribution in [0.4, 0.5) is 0 Å². The lowest BCUT2D eigenvalue weighted by Crippen LogP contribution is -2.37. The molecule has 2 rings (SSSR count). The van der Waals surface area contributed by atoms with Gasteiger partial charge in [-0.05, 0) is 30.5 Å². The predicted molar refractivity (Wildman–Crippen MR) is 79.5 cm³/mol. The molecule has 0 atom stereocenters. The first-order chi connectivity index (χ1) is 9.06. The van der Waals surface area contributed by atoms with Gasteiger partial charge >= 0.3 is 5.97 Å². The Kier molecular flexibility index (Phi) is 5.25. The summed E-state index contributed by atoms with van der Waals surface area (Å²) in [6, 6.07) is 6.04. The van der Waals surface area contributed by atoms with Crippen molar-refractivity contribution in [2.24, 2.45) is 0 Å². The Morgan fingerprint density at radius 3 is 2.68 bits per heavy atom. The van der Waals surface area contributed by atoms with Crippen molar-refractivity contribution in [3.63, 3.8) is 0 Å². The molecule has 5 heteroatoms. The fourth-order valence-electron chi connectivity index (χ4n) is 2.63. The lowest BCUT2D eigenvalue weighted by Gasteiger charge is -2.27. The van der Waals surface area contributed by atoms with Crippen molar-refractivity contribution in [3.05, 3.63) is 33.3 Å². The summed E-state index contributed by atoms with van der Waals surface area (Å²) in [6.07, 6.45) is 4.59. The average Bonchev–Trinajstić information content (AvgIpc) is 2.84. The van der Waals surface area contributed by atoms with Crippen molar-refractivity contribution >= 4 is 33.5 Å². The third-order valence-electron chi connectivity index (χ3n) is 3.57. The molecule has 1 saturated carbocycles. The normalized spacial score (nSPS) is 16.2. The molecule has 104 valence electrons. The summed E-state index contributed by atoms with van der Waals surface area (Å²) in [7, 11) is 0. The zero-order chi connectivity index (χ0) is 13.8. The quantitative estimate of drug-likeness (QED) is 0.878. The molecule has 0 bridgehead atoms. The first-order valence-corrected chi connectivity index (χ1v) is 7.63. The van der Waals surface area contributed by atoms with Crippen LogP contribution in [0, 0.1) is 0 Å². The molecule has 1 aromatic rings. The highest BCUT2D eigenvalue weighted by Crippen LogP contribution is 2.28. The Labute approximate surface area is 126 Å². The molecule has 0 amide bonds. The van der Waals surface area contributed by atoms with E-state index in [0.717, 1.165) is 22.9 Å². The largest absolute Gasteiger partial charge is 0.480 e. The van der Waals surface area contributed by atoms with Crippen molar-refractivity contribution in [3.8, 4) is 0 Å². The molecular weight excluding hydrogens is 330 g/mol. The van der Waals surface area contributed by atoms with Crippen molar-refractivity contribution in [2.75, 3.05) is 6.54 Å². The molecule has 0 aromatic heterocycles. The van der Waals surface area contributed by atoms with Gasteiger partial charge in [-0.1, -0.05) is 46.4 Å². The number of hydrogen-bond donors (Lipinski definition) is 1. The van der Waals surface area contributed by atoms with Gasteiger partial charge in [-0.2, -0.15) is 0 Å². The van der Waals surface area contributed by atoms with Crippen molar-refractivity contribution in [1.82, 2.24) is 4.90 Å². The van der Waals surface area contributed by atoms with Crippen LogP contribution in [0.1, 0.15) is 31.2 Å². The first-order valence-electron chi connectivity index (χ1n) is 6.46. The first kappa shape index (κ1) is 14.8. The van der Waals surface area contributed by atoms with E-state index in [0.29, 0.717) is 17.6 Å². The van der Waals surface area contributed by atoms with Crippen molar-refractivity contribution in [1.29, 1.82) is 0 Å². The van der Waals surface area contributed by atoms with Gasteiger partial charge in [0, 0.05) is 22.1 Å². The monoisotopic (exact) mass is 345 g/mol. The molecule has 0 saturated heterocycles. The maximum Gasteiger partial charge on any atom is 0.317 e.